The van der Waals surface area contributed by atoms with Crippen molar-refractivity contribution in [3.63, 3.8) is 0 Å². The Morgan fingerprint density at radius 1 is 0.679 bits per heavy atom. The van der Waals surface area contributed by atoms with Gasteiger partial charge in [-0.15, -0.1) is 0 Å². The van der Waals surface area contributed by atoms with Crippen LogP contribution < -0.4 is 26.6 Å². The lowest BCUT2D eigenvalue weighted by Crippen LogP contribution is -2.62. The number of cyclic esters (lactones) is 1. The average molecular weight is 752 g/mol. The lowest BCUT2D eigenvalue weighted by Gasteiger charge is -2.29. The molecule has 304 valence electrons. The van der Waals surface area contributed by atoms with Crippen molar-refractivity contribution in [3.05, 3.63) is 12.2 Å². The van der Waals surface area contributed by atoms with E-state index in [1.807, 2.05) is 34.6 Å². The van der Waals surface area contributed by atoms with Gasteiger partial charge in [0.15, 0.2) is 0 Å². The number of hydrogen-bond acceptors (Lipinski definition) is 9. The molecular formula is C39H69N5O9. The highest BCUT2D eigenvalue weighted by atomic mass is 16.5. The predicted molar refractivity (Wildman–Crippen MR) is 203 cm³/mol. The smallest absolute Gasteiger partial charge is 0.329 e. The molecule has 0 aromatic heterocycles. The molecule has 8 atom stereocenters. The summed E-state index contributed by atoms with van der Waals surface area (Å²) in [4.78, 5) is 81.3. The molecule has 14 nitrogen and oxygen atoms in total. The number of aliphatic hydroxyl groups excluding tert-OH is 2. The Kier molecular flexibility index (Phi) is 22.8. The average Bonchev–Trinajstić information content (AvgIpc) is 3.08. The number of allylic oxidation sites excluding steroid dienone is 2. The van der Waals surface area contributed by atoms with Crippen LogP contribution in [0.3, 0.4) is 0 Å². The van der Waals surface area contributed by atoms with E-state index in [9.17, 15) is 39.0 Å². The molecule has 1 aliphatic heterocycles. The van der Waals surface area contributed by atoms with E-state index in [2.05, 4.69) is 45.7 Å². The van der Waals surface area contributed by atoms with Crippen LogP contribution in [0.2, 0.25) is 0 Å². The maximum atomic E-state index is 13.8. The van der Waals surface area contributed by atoms with Crippen LogP contribution in [-0.4, -0.2) is 94.7 Å². The molecule has 1 rings (SSSR count). The van der Waals surface area contributed by atoms with Crippen LogP contribution in [0, 0.1) is 17.8 Å². The minimum Gasteiger partial charge on any atom is -0.460 e. The van der Waals surface area contributed by atoms with Crippen LogP contribution >= 0.6 is 0 Å². The van der Waals surface area contributed by atoms with Gasteiger partial charge in [-0.1, -0.05) is 86.3 Å². The van der Waals surface area contributed by atoms with E-state index in [1.54, 1.807) is 6.92 Å². The van der Waals surface area contributed by atoms with E-state index in [-0.39, 0.29) is 37.0 Å². The van der Waals surface area contributed by atoms with Crippen molar-refractivity contribution in [2.24, 2.45) is 17.8 Å². The summed E-state index contributed by atoms with van der Waals surface area (Å²) in [5.41, 5.74) is 0. The number of carbonyl (C=O) groups excluding carboxylic acids is 6. The molecule has 0 unspecified atom stereocenters. The lowest BCUT2D eigenvalue weighted by molar-refractivity contribution is -0.156. The van der Waals surface area contributed by atoms with Gasteiger partial charge in [0.1, 0.15) is 36.3 Å². The molecule has 0 radical (unpaired) electrons. The molecule has 14 heteroatoms. The zero-order chi connectivity index (χ0) is 40.1. The summed E-state index contributed by atoms with van der Waals surface area (Å²) in [6.07, 6.45) is 9.86. The molecule has 0 bridgehead atoms. The highest BCUT2D eigenvalue weighted by Gasteiger charge is 2.37. The Balaban J connectivity index is 3.56. The third-order valence-electron chi connectivity index (χ3n) is 9.33. The number of nitrogens with one attached hydrogen (secondary N) is 5. The van der Waals surface area contributed by atoms with E-state index in [0.717, 1.165) is 12.8 Å². The third kappa shape index (κ3) is 18.4. The fourth-order valence-electron chi connectivity index (χ4n) is 6.00. The number of aliphatic hydroxyl groups is 2. The first-order chi connectivity index (χ1) is 25.0. The van der Waals surface area contributed by atoms with Crippen molar-refractivity contribution in [1.82, 2.24) is 26.6 Å². The van der Waals surface area contributed by atoms with Gasteiger partial charge in [0.05, 0.1) is 19.1 Å². The fourth-order valence-corrected chi connectivity index (χ4v) is 6.00. The van der Waals surface area contributed by atoms with Crippen molar-refractivity contribution in [1.29, 1.82) is 0 Å². The first-order valence-corrected chi connectivity index (χ1v) is 19.7. The second-order valence-corrected chi connectivity index (χ2v) is 15.3. The topological polar surface area (TPSA) is 212 Å². The Morgan fingerprint density at radius 3 is 1.75 bits per heavy atom. The molecule has 1 saturated heterocycles. The van der Waals surface area contributed by atoms with Crippen LogP contribution in [0.4, 0.5) is 0 Å². The van der Waals surface area contributed by atoms with E-state index < -0.39 is 84.5 Å². The van der Waals surface area contributed by atoms with Crippen molar-refractivity contribution in [2.75, 3.05) is 6.61 Å². The maximum absolute atomic E-state index is 13.8. The van der Waals surface area contributed by atoms with Crippen molar-refractivity contribution >= 4 is 35.5 Å². The van der Waals surface area contributed by atoms with Crippen LogP contribution in [0.25, 0.3) is 0 Å². The molecule has 0 spiro atoms. The van der Waals surface area contributed by atoms with Gasteiger partial charge in [-0.3, -0.25) is 24.0 Å². The Morgan fingerprint density at radius 2 is 1.21 bits per heavy atom. The van der Waals surface area contributed by atoms with Crippen molar-refractivity contribution in [3.8, 4) is 0 Å². The number of amides is 5. The molecular weight excluding hydrogens is 682 g/mol. The zero-order valence-electron chi connectivity index (χ0n) is 33.4. The molecule has 53 heavy (non-hydrogen) atoms. The summed E-state index contributed by atoms with van der Waals surface area (Å²) < 4.78 is 5.97. The second kappa shape index (κ2) is 25.5. The molecule has 0 saturated carbocycles. The van der Waals surface area contributed by atoms with Gasteiger partial charge in [0.25, 0.3) is 0 Å². The van der Waals surface area contributed by atoms with Crippen LogP contribution in [0.5, 0.6) is 0 Å². The molecule has 5 amide bonds. The third-order valence-corrected chi connectivity index (χ3v) is 9.33. The van der Waals surface area contributed by atoms with Crippen LogP contribution in [0.15, 0.2) is 12.2 Å². The van der Waals surface area contributed by atoms with Crippen LogP contribution in [0.1, 0.15) is 132 Å². The van der Waals surface area contributed by atoms with E-state index in [0.29, 0.717) is 25.7 Å². The largest absolute Gasteiger partial charge is 0.460 e. The van der Waals surface area contributed by atoms with E-state index >= 15 is 0 Å². The van der Waals surface area contributed by atoms with Gasteiger partial charge in [0.2, 0.25) is 29.5 Å². The van der Waals surface area contributed by atoms with Gasteiger partial charge in [-0.2, -0.15) is 0 Å². The van der Waals surface area contributed by atoms with Gasteiger partial charge < -0.3 is 41.5 Å². The Labute approximate surface area is 316 Å². The zero-order valence-corrected chi connectivity index (χ0v) is 33.4. The Bertz CT molecular complexity index is 1190. The maximum Gasteiger partial charge on any atom is 0.329 e. The highest BCUT2D eigenvalue weighted by molar-refractivity contribution is 5.96. The summed E-state index contributed by atoms with van der Waals surface area (Å²) >= 11 is 0. The minimum atomic E-state index is -1.56. The number of carbonyl (C=O) groups is 6. The first kappa shape index (κ1) is 47.5. The monoisotopic (exact) mass is 752 g/mol. The van der Waals surface area contributed by atoms with Gasteiger partial charge in [0, 0.05) is 0 Å². The summed E-state index contributed by atoms with van der Waals surface area (Å²) in [7, 11) is 0. The number of esters is 1. The number of unbranched alkanes of at least 4 members (excludes halogenated alkanes) is 5. The summed E-state index contributed by atoms with van der Waals surface area (Å²) in [6.45, 7) is 13.7. The molecule has 7 N–H and O–H groups in total. The molecule has 0 aromatic carbocycles. The van der Waals surface area contributed by atoms with Gasteiger partial charge in [-0.25, -0.2) is 4.79 Å². The fraction of sp³-hybridized carbons (Fsp3) is 0.795. The Hall–Kier alpha value is -3.52. The molecule has 1 heterocycles. The molecule has 1 fully saturated rings. The first-order valence-electron chi connectivity index (χ1n) is 19.7. The molecule has 1 aliphatic rings. The number of ether oxygens (including phenoxy) is 1. The molecule has 0 aromatic rings. The standard InChI is InChI=1S/C39H69N5O9/c1-9-11-12-13-14-15-16-17-18-19-28-22-32(47)40-29(20-24(3)4)35(48)42-31(23-45)37(50)44-34(27(8)46)38(51)41-30(21-25(5)6)36(49)43-33(26(7)10-2)39(52)53-28/h15-16,24-31,33-34,45-46H,9-14,17-23H2,1-8H3,(H,40,47)(H,41,51)(H,42,48)(H,43,49)(H,44,50)/b16-15+/t26-,27+,28-,29+,30+,31-,33-,34-/m0/s1. The summed E-state index contributed by atoms with van der Waals surface area (Å²) in [5, 5.41) is 33.5. The quantitative estimate of drug-likeness (QED) is 0.0661. The van der Waals surface area contributed by atoms with Gasteiger partial charge in [-0.05, 0) is 69.6 Å². The number of rotatable bonds is 17. The van der Waals surface area contributed by atoms with Gasteiger partial charge >= 0.3 is 5.97 Å². The normalized spacial score (nSPS) is 25.7. The van der Waals surface area contributed by atoms with Crippen LogP contribution in [-0.2, 0) is 33.5 Å². The predicted octanol–water partition coefficient (Wildman–Crippen LogP) is 2.93. The van der Waals surface area contributed by atoms with Crippen molar-refractivity contribution < 1.29 is 43.7 Å². The van der Waals surface area contributed by atoms with Crippen molar-refractivity contribution in [2.45, 2.75) is 175 Å². The molecule has 0 aliphatic carbocycles. The SMILES string of the molecule is CCCCCC/C=C/CCC[C@H]1CC(=O)N[C@H](CC(C)C)C(=O)N[C@@H](CO)C(=O)N[C@@H]([C@@H](C)O)C(=O)N[C@H](CC(C)C)C(=O)N[C@@H]([C@@H](C)CC)C(=O)O1. The summed E-state index contributed by atoms with van der Waals surface area (Å²) in [6, 6.07) is -6.44. The highest BCUT2D eigenvalue weighted by Crippen LogP contribution is 2.18. The van der Waals surface area contributed by atoms with E-state index in [1.165, 1.54) is 26.2 Å². The van der Waals surface area contributed by atoms with E-state index in [4.69, 9.17) is 4.74 Å². The second-order valence-electron chi connectivity index (χ2n) is 15.3. The minimum absolute atomic E-state index is 0.0570. The lowest BCUT2D eigenvalue weighted by atomic mass is 9.97. The number of hydrogen-bond donors (Lipinski definition) is 7. The summed E-state index contributed by atoms with van der Waals surface area (Å²) in [5.74, 6) is -5.01.